The van der Waals surface area contributed by atoms with Crippen molar-refractivity contribution in [2.75, 3.05) is 0 Å². The van der Waals surface area contributed by atoms with Crippen molar-refractivity contribution in [1.82, 2.24) is 9.78 Å². The molecule has 110 valence electrons. The van der Waals surface area contributed by atoms with Crippen molar-refractivity contribution in [3.8, 4) is 5.69 Å². The van der Waals surface area contributed by atoms with Crippen LogP contribution in [0, 0.1) is 19.7 Å². The molecule has 0 spiro atoms. The van der Waals surface area contributed by atoms with Gasteiger partial charge in [0.05, 0.1) is 11.4 Å². The number of halogens is 1. The molecular formula is C17H25FN2. The molecule has 0 radical (unpaired) electrons. The summed E-state index contributed by atoms with van der Waals surface area (Å²) >= 11 is 0. The summed E-state index contributed by atoms with van der Waals surface area (Å²) < 4.78 is 15.2. The molecule has 0 aliphatic heterocycles. The van der Waals surface area contributed by atoms with E-state index in [1.807, 2.05) is 32.4 Å². The summed E-state index contributed by atoms with van der Waals surface area (Å²) in [6.45, 7) is 14.3. The highest BCUT2D eigenvalue weighted by Gasteiger charge is 2.19. The van der Waals surface area contributed by atoms with Gasteiger partial charge in [0.25, 0.3) is 0 Å². The fourth-order valence-electron chi connectivity index (χ4n) is 1.90. The lowest BCUT2D eigenvalue weighted by Gasteiger charge is -2.14. The van der Waals surface area contributed by atoms with Gasteiger partial charge in [-0.1, -0.05) is 40.7 Å². The molecule has 0 atom stereocenters. The zero-order chi connectivity index (χ0) is 15.5. The molecule has 2 aromatic rings. The highest BCUT2D eigenvalue weighted by Crippen LogP contribution is 2.24. The molecule has 0 aliphatic rings. The Kier molecular flexibility index (Phi) is 5.09. The van der Waals surface area contributed by atoms with E-state index in [4.69, 9.17) is 0 Å². The second-order valence-corrected chi connectivity index (χ2v) is 5.76. The molecule has 1 aromatic carbocycles. The van der Waals surface area contributed by atoms with Gasteiger partial charge in [-0.05, 0) is 37.6 Å². The monoisotopic (exact) mass is 276 g/mol. The molecule has 0 unspecified atom stereocenters. The number of rotatable bonds is 1. The van der Waals surface area contributed by atoms with Crippen molar-refractivity contribution in [2.24, 2.45) is 0 Å². The zero-order valence-electron chi connectivity index (χ0n) is 13.6. The average molecular weight is 276 g/mol. The number of benzene rings is 1. The number of hydrogen-bond acceptors (Lipinski definition) is 1. The van der Waals surface area contributed by atoms with Gasteiger partial charge in [0.1, 0.15) is 5.82 Å². The lowest BCUT2D eigenvalue weighted by molar-refractivity contribution is 0.559. The largest absolute Gasteiger partial charge is 0.237 e. The first kappa shape index (κ1) is 16.4. The second-order valence-electron chi connectivity index (χ2n) is 5.76. The van der Waals surface area contributed by atoms with Crippen molar-refractivity contribution in [1.29, 1.82) is 0 Å². The van der Waals surface area contributed by atoms with Crippen molar-refractivity contribution in [3.63, 3.8) is 0 Å². The van der Waals surface area contributed by atoms with Crippen LogP contribution in [0.4, 0.5) is 4.39 Å². The maximum absolute atomic E-state index is 13.4. The summed E-state index contributed by atoms with van der Waals surface area (Å²) in [6, 6.07) is 6.84. The Bertz CT molecular complexity index is 577. The van der Waals surface area contributed by atoms with E-state index in [1.54, 1.807) is 6.07 Å². The average Bonchev–Trinajstić information content (AvgIpc) is 2.77. The van der Waals surface area contributed by atoms with Crippen LogP contribution in [0.5, 0.6) is 0 Å². The lowest BCUT2D eigenvalue weighted by atomic mass is 9.92. The first-order valence-corrected chi connectivity index (χ1v) is 7.13. The third kappa shape index (κ3) is 3.47. The molecule has 20 heavy (non-hydrogen) atoms. The van der Waals surface area contributed by atoms with Crippen molar-refractivity contribution < 1.29 is 4.39 Å². The van der Waals surface area contributed by atoms with E-state index in [9.17, 15) is 4.39 Å². The topological polar surface area (TPSA) is 17.8 Å². The molecule has 0 bridgehead atoms. The first-order valence-electron chi connectivity index (χ1n) is 7.13. The van der Waals surface area contributed by atoms with E-state index in [0.29, 0.717) is 0 Å². The summed E-state index contributed by atoms with van der Waals surface area (Å²) in [7, 11) is 0. The standard InChI is InChI=1S/C15H19FN2.C2H6/c1-10-6-7-12(16)9-13(10)18-11(2)8-14(17-18)15(3,4)5;1-2/h6-9H,1-5H3;1-2H3. The van der Waals surface area contributed by atoms with Crippen LogP contribution in [0.1, 0.15) is 51.6 Å². The molecule has 0 aliphatic carbocycles. The highest BCUT2D eigenvalue weighted by atomic mass is 19.1. The van der Waals surface area contributed by atoms with E-state index < -0.39 is 0 Å². The lowest BCUT2D eigenvalue weighted by Crippen LogP contribution is -2.12. The molecular weight excluding hydrogens is 251 g/mol. The molecule has 1 aromatic heterocycles. The van der Waals surface area contributed by atoms with Gasteiger partial charge in [0.15, 0.2) is 0 Å². The van der Waals surface area contributed by atoms with Gasteiger partial charge in [-0.25, -0.2) is 9.07 Å². The van der Waals surface area contributed by atoms with E-state index in [0.717, 1.165) is 22.6 Å². The molecule has 0 amide bonds. The summed E-state index contributed by atoms with van der Waals surface area (Å²) in [6.07, 6.45) is 0. The predicted molar refractivity (Wildman–Crippen MR) is 83.0 cm³/mol. The van der Waals surface area contributed by atoms with Crippen LogP contribution < -0.4 is 0 Å². The molecule has 0 saturated carbocycles. The maximum atomic E-state index is 13.4. The van der Waals surface area contributed by atoms with Gasteiger partial charge in [0.2, 0.25) is 0 Å². The van der Waals surface area contributed by atoms with Gasteiger partial charge in [-0.2, -0.15) is 5.10 Å². The van der Waals surface area contributed by atoms with Crippen LogP contribution in [0.3, 0.4) is 0 Å². The van der Waals surface area contributed by atoms with E-state index in [1.165, 1.54) is 12.1 Å². The fourth-order valence-corrected chi connectivity index (χ4v) is 1.90. The van der Waals surface area contributed by atoms with Crippen LogP contribution in [-0.2, 0) is 5.41 Å². The summed E-state index contributed by atoms with van der Waals surface area (Å²) in [5.74, 6) is -0.234. The summed E-state index contributed by atoms with van der Waals surface area (Å²) in [5, 5.41) is 4.60. The van der Waals surface area contributed by atoms with Gasteiger partial charge in [-0.3, -0.25) is 0 Å². The minimum absolute atomic E-state index is 0.00274. The number of hydrogen-bond donors (Lipinski definition) is 0. The molecule has 3 heteroatoms. The normalized spacial score (nSPS) is 11.0. The predicted octanol–water partition coefficient (Wildman–Crippen LogP) is 4.95. The minimum Gasteiger partial charge on any atom is -0.237 e. The van der Waals surface area contributed by atoms with E-state index in [2.05, 4.69) is 31.9 Å². The third-order valence-corrected chi connectivity index (χ3v) is 3.06. The van der Waals surface area contributed by atoms with E-state index >= 15 is 0 Å². The van der Waals surface area contributed by atoms with Gasteiger partial charge in [0, 0.05) is 11.1 Å². The van der Waals surface area contributed by atoms with Gasteiger partial charge < -0.3 is 0 Å². The molecule has 0 fully saturated rings. The smallest absolute Gasteiger partial charge is 0.125 e. The molecule has 1 heterocycles. The maximum Gasteiger partial charge on any atom is 0.125 e. The van der Waals surface area contributed by atoms with Gasteiger partial charge >= 0.3 is 0 Å². The third-order valence-electron chi connectivity index (χ3n) is 3.06. The quantitative estimate of drug-likeness (QED) is 0.720. The van der Waals surface area contributed by atoms with Crippen molar-refractivity contribution >= 4 is 0 Å². The molecule has 2 nitrogen and oxygen atoms in total. The Labute approximate surface area is 121 Å². The number of aromatic nitrogens is 2. The number of nitrogens with zero attached hydrogens (tertiary/aromatic N) is 2. The minimum atomic E-state index is -0.234. The SMILES string of the molecule is CC.Cc1ccc(F)cc1-n1nc(C(C)(C)C)cc1C. The zero-order valence-corrected chi connectivity index (χ0v) is 13.6. The van der Waals surface area contributed by atoms with Crippen LogP contribution in [0.25, 0.3) is 5.69 Å². The Morgan fingerprint density at radius 1 is 1.05 bits per heavy atom. The Balaban J connectivity index is 0.000000956. The first-order chi connectivity index (χ1) is 9.29. The molecule has 0 N–H and O–H groups in total. The molecule has 0 saturated heterocycles. The Morgan fingerprint density at radius 2 is 1.65 bits per heavy atom. The number of aryl methyl sites for hydroxylation is 2. The highest BCUT2D eigenvalue weighted by molar-refractivity contribution is 5.41. The second kappa shape index (κ2) is 6.21. The van der Waals surface area contributed by atoms with Crippen LogP contribution >= 0.6 is 0 Å². The van der Waals surface area contributed by atoms with Crippen molar-refractivity contribution in [3.05, 3.63) is 47.0 Å². The van der Waals surface area contributed by atoms with Gasteiger partial charge in [-0.15, -0.1) is 0 Å². The van der Waals surface area contributed by atoms with E-state index in [-0.39, 0.29) is 11.2 Å². The van der Waals surface area contributed by atoms with Crippen LogP contribution in [0.2, 0.25) is 0 Å². The van der Waals surface area contributed by atoms with Crippen LogP contribution in [-0.4, -0.2) is 9.78 Å². The Morgan fingerprint density at radius 3 is 2.15 bits per heavy atom. The summed E-state index contributed by atoms with van der Waals surface area (Å²) in [5.41, 5.74) is 3.86. The molecule has 2 rings (SSSR count). The Hall–Kier alpha value is -1.64. The summed E-state index contributed by atoms with van der Waals surface area (Å²) in [4.78, 5) is 0. The van der Waals surface area contributed by atoms with Crippen LogP contribution in [0.15, 0.2) is 24.3 Å². The fraction of sp³-hybridized carbons (Fsp3) is 0.471. The van der Waals surface area contributed by atoms with Crippen molar-refractivity contribution in [2.45, 2.75) is 53.9 Å².